The van der Waals surface area contributed by atoms with Crippen LogP contribution in [0.3, 0.4) is 0 Å². The van der Waals surface area contributed by atoms with E-state index in [4.69, 9.17) is 11.6 Å². The highest BCUT2D eigenvalue weighted by molar-refractivity contribution is 6.39. The molecule has 0 spiro atoms. The topological polar surface area (TPSA) is 66.5 Å². The highest BCUT2D eigenvalue weighted by Crippen LogP contribution is 2.27. The predicted molar refractivity (Wildman–Crippen MR) is 109 cm³/mol. The van der Waals surface area contributed by atoms with Crippen LogP contribution < -0.4 is 10.2 Å². The van der Waals surface area contributed by atoms with Gasteiger partial charge in [0.15, 0.2) is 0 Å². The van der Waals surface area contributed by atoms with E-state index in [9.17, 15) is 14.4 Å². The van der Waals surface area contributed by atoms with E-state index in [0.29, 0.717) is 16.3 Å². The van der Waals surface area contributed by atoms with Crippen LogP contribution in [0.1, 0.15) is 11.1 Å². The molecule has 0 aromatic heterocycles. The molecule has 1 fully saturated rings. The summed E-state index contributed by atoms with van der Waals surface area (Å²) in [7, 11) is 0. The zero-order valence-electron chi connectivity index (χ0n) is 14.9. The second-order valence-electron chi connectivity index (χ2n) is 6.46. The van der Waals surface area contributed by atoms with Crippen molar-refractivity contribution in [2.75, 3.05) is 4.90 Å². The van der Waals surface area contributed by atoms with Crippen LogP contribution in [-0.2, 0) is 9.59 Å². The van der Waals surface area contributed by atoms with Crippen LogP contribution in [0.5, 0.6) is 0 Å². The fourth-order valence-corrected chi connectivity index (χ4v) is 3.32. The van der Waals surface area contributed by atoms with Gasteiger partial charge in [0.25, 0.3) is 11.8 Å². The number of fused-ring (bicyclic) bond motifs is 1. The standard InChI is InChI=1S/C22H15ClN2O3/c1-13-9-10-16(12-19(13)23)25-21(27)18(20(26)24-22(25)28)11-15-7-4-6-14-5-2-3-8-17(14)15/h2-12H,1H3,(H,24,26,28)/b18-11-. The molecule has 0 saturated carbocycles. The minimum absolute atomic E-state index is 0.118. The minimum Gasteiger partial charge on any atom is -0.273 e. The molecule has 0 unspecified atom stereocenters. The number of rotatable bonds is 2. The predicted octanol–water partition coefficient (Wildman–Crippen LogP) is 4.47. The fourth-order valence-electron chi connectivity index (χ4n) is 3.14. The van der Waals surface area contributed by atoms with Crippen molar-refractivity contribution in [3.05, 3.63) is 82.4 Å². The van der Waals surface area contributed by atoms with Crippen molar-refractivity contribution >= 4 is 52.0 Å². The third-order valence-corrected chi connectivity index (χ3v) is 5.05. The van der Waals surface area contributed by atoms with Crippen LogP contribution in [0.15, 0.2) is 66.2 Å². The molecule has 4 amide bonds. The second kappa shape index (κ2) is 6.94. The molecular weight excluding hydrogens is 376 g/mol. The zero-order chi connectivity index (χ0) is 19.8. The first-order chi connectivity index (χ1) is 13.5. The minimum atomic E-state index is -0.801. The van der Waals surface area contributed by atoms with E-state index in [-0.39, 0.29) is 5.57 Å². The number of hydrogen-bond acceptors (Lipinski definition) is 3. The maximum absolute atomic E-state index is 13.0. The number of carbonyl (C=O) groups is 3. The molecule has 4 rings (SSSR count). The molecule has 1 saturated heterocycles. The van der Waals surface area contributed by atoms with Gasteiger partial charge in [-0.05, 0) is 47.0 Å². The molecule has 1 N–H and O–H groups in total. The summed E-state index contributed by atoms with van der Waals surface area (Å²) in [5.74, 6) is -1.42. The van der Waals surface area contributed by atoms with E-state index < -0.39 is 17.8 Å². The summed E-state index contributed by atoms with van der Waals surface area (Å²) in [5.41, 5.74) is 1.72. The third-order valence-electron chi connectivity index (χ3n) is 4.64. The number of amides is 4. The van der Waals surface area contributed by atoms with Gasteiger partial charge in [-0.3, -0.25) is 14.9 Å². The molecule has 3 aromatic carbocycles. The smallest absolute Gasteiger partial charge is 0.273 e. The van der Waals surface area contributed by atoms with Crippen LogP contribution in [0.4, 0.5) is 10.5 Å². The summed E-state index contributed by atoms with van der Waals surface area (Å²) < 4.78 is 0. The molecule has 28 heavy (non-hydrogen) atoms. The van der Waals surface area contributed by atoms with Gasteiger partial charge >= 0.3 is 6.03 Å². The summed E-state index contributed by atoms with van der Waals surface area (Å²) in [6.07, 6.45) is 1.51. The molecule has 6 heteroatoms. The number of urea groups is 1. The number of benzene rings is 3. The number of aryl methyl sites for hydroxylation is 1. The van der Waals surface area contributed by atoms with E-state index in [1.807, 2.05) is 49.4 Å². The third kappa shape index (κ3) is 3.06. The van der Waals surface area contributed by atoms with Crippen molar-refractivity contribution in [3.8, 4) is 0 Å². The van der Waals surface area contributed by atoms with Gasteiger partial charge in [0, 0.05) is 5.02 Å². The molecule has 0 bridgehead atoms. The number of nitrogens with one attached hydrogen (secondary N) is 1. The van der Waals surface area contributed by atoms with Crippen molar-refractivity contribution in [1.82, 2.24) is 5.32 Å². The molecule has 1 aliphatic rings. The molecular formula is C22H15ClN2O3. The first-order valence-electron chi connectivity index (χ1n) is 8.61. The van der Waals surface area contributed by atoms with Crippen molar-refractivity contribution in [2.24, 2.45) is 0 Å². The molecule has 1 heterocycles. The Morgan fingerprint density at radius 3 is 2.50 bits per heavy atom. The van der Waals surface area contributed by atoms with E-state index in [1.54, 1.807) is 12.1 Å². The molecule has 0 radical (unpaired) electrons. The van der Waals surface area contributed by atoms with Crippen LogP contribution >= 0.6 is 11.6 Å². The lowest BCUT2D eigenvalue weighted by molar-refractivity contribution is -0.122. The number of hydrogen-bond donors (Lipinski definition) is 1. The lowest BCUT2D eigenvalue weighted by Crippen LogP contribution is -2.54. The molecule has 3 aromatic rings. The van der Waals surface area contributed by atoms with Gasteiger partial charge in [-0.15, -0.1) is 0 Å². The van der Waals surface area contributed by atoms with Gasteiger partial charge in [-0.25, -0.2) is 9.69 Å². The number of barbiturate groups is 1. The number of halogens is 1. The summed E-state index contributed by atoms with van der Waals surface area (Å²) in [5, 5.41) is 4.54. The largest absolute Gasteiger partial charge is 0.335 e. The van der Waals surface area contributed by atoms with Gasteiger partial charge in [-0.2, -0.15) is 0 Å². The Hall–Kier alpha value is -3.44. The van der Waals surface area contributed by atoms with Crippen LogP contribution in [0.2, 0.25) is 5.02 Å². The SMILES string of the molecule is Cc1ccc(N2C(=O)NC(=O)/C(=C/c3cccc4ccccc34)C2=O)cc1Cl. The summed E-state index contributed by atoms with van der Waals surface area (Å²) in [4.78, 5) is 38.6. The highest BCUT2D eigenvalue weighted by atomic mass is 35.5. The van der Waals surface area contributed by atoms with Crippen molar-refractivity contribution in [1.29, 1.82) is 0 Å². The van der Waals surface area contributed by atoms with E-state index in [1.165, 1.54) is 12.1 Å². The highest BCUT2D eigenvalue weighted by Gasteiger charge is 2.37. The Kier molecular flexibility index (Phi) is 4.45. The fraction of sp³-hybridized carbons (Fsp3) is 0.0455. The molecule has 5 nitrogen and oxygen atoms in total. The molecule has 0 aliphatic carbocycles. The first kappa shape index (κ1) is 17.9. The quantitative estimate of drug-likeness (QED) is 0.518. The number of anilines is 1. The molecule has 1 aliphatic heterocycles. The zero-order valence-corrected chi connectivity index (χ0v) is 15.7. The van der Waals surface area contributed by atoms with E-state index in [0.717, 1.165) is 21.2 Å². The Labute approximate surface area is 166 Å². The normalized spacial score (nSPS) is 16.0. The number of imide groups is 2. The Morgan fingerprint density at radius 2 is 1.71 bits per heavy atom. The Morgan fingerprint density at radius 1 is 0.964 bits per heavy atom. The Balaban J connectivity index is 1.81. The van der Waals surface area contributed by atoms with Crippen molar-refractivity contribution in [3.63, 3.8) is 0 Å². The summed E-state index contributed by atoms with van der Waals surface area (Å²) in [6.45, 7) is 1.82. The van der Waals surface area contributed by atoms with Crippen LogP contribution in [0.25, 0.3) is 16.8 Å². The van der Waals surface area contributed by atoms with Crippen molar-refractivity contribution < 1.29 is 14.4 Å². The van der Waals surface area contributed by atoms with E-state index >= 15 is 0 Å². The lowest BCUT2D eigenvalue weighted by Gasteiger charge is -2.26. The van der Waals surface area contributed by atoms with Gasteiger partial charge < -0.3 is 0 Å². The monoisotopic (exact) mass is 390 g/mol. The number of nitrogens with zero attached hydrogens (tertiary/aromatic N) is 1. The van der Waals surface area contributed by atoms with Gasteiger partial charge in [-0.1, -0.05) is 60.1 Å². The van der Waals surface area contributed by atoms with Crippen LogP contribution in [-0.4, -0.2) is 17.8 Å². The maximum atomic E-state index is 13.0. The Bertz CT molecular complexity index is 1180. The van der Waals surface area contributed by atoms with Gasteiger partial charge in [0.05, 0.1) is 5.69 Å². The maximum Gasteiger partial charge on any atom is 0.335 e. The molecule has 138 valence electrons. The van der Waals surface area contributed by atoms with Crippen LogP contribution in [0, 0.1) is 6.92 Å². The molecule has 0 atom stereocenters. The summed E-state index contributed by atoms with van der Waals surface area (Å²) in [6, 6.07) is 17.3. The second-order valence-corrected chi connectivity index (χ2v) is 6.87. The average molecular weight is 391 g/mol. The van der Waals surface area contributed by atoms with Gasteiger partial charge in [0.2, 0.25) is 0 Å². The first-order valence-corrected chi connectivity index (χ1v) is 8.99. The lowest BCUT2D eigenvalue weighted by atomic mass is 10.0. The van der Waals surface area contributed by atoms with Gasteiger partial charge in [0.1, 0.15) is 5.57 Å². The number of carbonyl (C=O) groups excluding carboxylic acids is 3. The van der Waals surface area contributed by atoms with Crippen molar-refractivity contribution in [2.45, 2.75) is 6.92 Å². The van der Waals surface area contributed by atoms with E-state index in [2.05, 4.69) is 5.32 Å². The summed E-state index contributed by atoms with van der Waals surface area (Å²) >= 11 is 6.14. The average Bonchev–Trinajstić information content (AvgIpc) is 2.68.